The fourth-order valence-corrected chi connectivity index (χ4v) is 2.23. The maximum atomic E-state index is 12.1. The molecule has 2 N–H and O–H groups in total. The van der Waals surface area contributed by atoms with E-state index in [1.807, 2.05) is 30.3 Å². The Labute approximate surface area is 147 Å². The molecule has 0 heterocycles. The molecule has 25 heavy (non-hydrogen) atoms. The van der Waals surface area contributed by atoms with Crippen molar-refractivity contribution < 1.29 is 19.1 Å². The third-order valence-electron chi connectivity index (χ3n) is 3.52. The van der Waals surface area contributed by atoms with E-state index < -0.39 is 0 Å². The number of para-hydroxylation sites is 1. The SMILES string of the molecule is CNC(=O)c1ccc(NC(=O)CCCOc2ccccc2)c(OC)c1. The number of anilines is 1. The number of hydrogen-bond donors (Lipinski definition) is 2. The molecule has 132 valence electrons. The van der Waals surface area contributed by atoms with Gasteiger partial charge in [0.15, 0.2) is 0 Å². The van der Waals surface area contributed by atoms with E-state index in [1.165, 1.54) is 7.11 Å². The Hall–Kier alpha value is -3.02. The van der Waals surface area contributed by atoms with Crippen molar-refractivity contribution in [1.82, 2.24) is 5.32 Å². The van der Waals surface area contributed by atoms with E-state index in [0.717, 1.165) is 5.75 Å². The minimum absolute atomic E-state index is 0.136. The van der Waals surface area contributed by atoms with Crippen LogP contribution in [-0.4, -0.2) is 32.6 Å². The lowest BCUT2D eigenvalue weighted by molar-refractivity contribution is -0.116. The summed E-state index contributed by atoms with van der Waals surface area (Å²) in [4.78, 5) is 23.7. The molecule has 0 bridgehead atoms. The number of amides is 2. The number of carbonyl (C=O) groups is 2. The van der Waals surface area contributed by atoms with Crippen LogP contribution in [0.3, 0.4) is 0 Å². The smallest absolute Gasteiger partial charge is 0.251 e. The maximum Gasteiger partial charge on any atom is 0.251 e. The molecule has 0 unspecified atom stereocenters. The molecule has 0 spiro atoms. The molecule has 0 radical (unpaired) electrons. The van der Waals surface area contributed by atoms with Crippen molar-refractivity contribution in [1.29, 1.82) is 0 Å². The summed E-state index contributed by atoms with van der Waals surface area (Å²) in [6, 6.07) is 14.3. The second-order valence-corrected chi connectivity index (χ2v) is 5.31. The fourth-order valence-electron chi connectivity index (χ4n) is 2.23. The Morgan fingerprint density at radius 3 is 2.52 bits per heavy atom. The summed E-state index contributed by atoms with van der Waals surface area (Å²) in [5, 5.41) is 5.34. The molecule has 2 rings (SSSR count). The maximum absolute atomic E-state index is 12.1. The largest absolute Gasteiger partial charge is 0.495 e. The first kappa shape index (κ1) is 18.3. The molecule has 0 atom stereocenters. The number of benzene rings is 2. The molecule has 0 saturated carbocycles. The molecular weight excluding hydrogens is 320 g/mol. The molecule has 2 aromatic rings. The number of carbonyl (C=O) groups excluding carboxylic acids is 2. The van der Waals surface area contributed by atoms with Crippen molar-refractivity contribution in [3.63, 3.8) is 0 Å². The first-order valence-electron chi connectivity index (χ1n) is 8.02. The Morgan fingerprint density at radius 1 is 1.08 bits per heavy atom. The Balaban J connectivity index is 1.84. The Morgan fingerprint density at radius 2 is 1.84 bits per heavy atom. The van der Waals surface area contributed by atoms with Gasteiger partial charge in [0.25, 0.3) is 5.91 Å². The fraction of sp³-hybridized carbons (Fsp3) is 0.263. The summed E-state index contributed by atoms with van der Waals surface area (Å²) in [6.45, 7) is 0.462. The van der Waals surface area contributed by atoms with E-state index in [-0.39, 0.29) is 11.8 Å². The number of ether oxygens (including phenoxy) is 2. The van der Waals surface area contributed by atoms with E-state index in [2.05, 4.69) is 10.6 Å². The van der Waals surface area contributed by atoms with E-state index in [0.29, 0.717) is 36.4 Å². The van der Waals surface area contributed by atoms with Crippen LogP contribution in [0.4, 0.5) is 5.69 Å². The molecule has 0 aromatic heterocycles. The number of rotatable bonds is 8. The van der Waals surface area contributed by atoms with E-state index in [4.69, 9.17) is 9.47 Å². The van der Waals surface area contributed by atoms with Gasteiger partial charge in [0.2, 0.25) is 5.91 Å². The van der Waals surface area contributed by atoms with Crippen LogP contribution in [0.1, 0.15) is 23.2 Å². The zero-order chi connectivity index (χ0) is 18.1. The van der Waals surface area contributed by atoms with Crippen molar-refractivity contribution in [2.75, 3.05) is 26.1 Å². The van der Waals surface area contributed by atoms with E-state index in [9.17, 15) is 9.59 Å². The van der Waals surface area contributed by atoms with Gasteiger partial charge < -0.3 is 20.1 Å². The van der Waals surface area contributed by atoms with Gasteiger partial charge in [0, 0.05) is 19.0 Å². The van der Waals surface area contributed by atoms with Crippen LogP contribution in [0, 0.1) is 0 Å². The van der Waals surface area contributed by atoms with Gasteiger partial charge in [-0.2, -0.15) is 0 Å². The van der Waals surface area contributed by atoms with Crippen LogP contribution in [0.5, 0.6) is 11.5 Å². The molecule has 0 aliphatic rings. The van der Waals surface area contributed by atoms with Gasteiger partial charge in [-0.15, -0.1) is 0 Å². The summed E-state index contributed by atoms with van der Waals surface area (Å²) < 4.78 is 10.8. The zero-order valence-electron chi connectivity index (χ0n) is 14.4. The minimum Gasteiger partial charge on any atom is -0.495 e. The third-order valence-corrected chi connectivity index (χ3v) is 3.52. The van der Waals surface area contributed by atoms with Crippen molar-refractivity contribution >= 4 is 17.5 Å². The molecule has 6 nitrogen and oxygen atoms in total. The van der Waals surface area contributed by atoms with Crippen LogP contribution in [0.25, 0.3) is 0 Å². The average Bonchev–Trinajstić information content (AvgIpc) is 2.65. The van der Waals surface area contributed by atoms with Gasteiger partial charge in [-0.05, 0) is 36.8 Å². The number of hydrogen-bond acceptors (Lipinski definition) is 4. The molecule has 0 aliphatic carbocycles. The van der Waals surface area contributed by atoms with Crippen molar-refractivity contribution in [3.8, 4) is 11.5 Å². The number of methoxy groups -OCH3 is 1. The first-order valence-corrected chi connectivity index (χ1v) is 8.02. The second kappa shape index (κ2) is 9.32. The predicted octanol–water partition coefficient (Wildman–Crippen LogP) is 2.85. The highest BCUT2D eigenvalue weighted by atomic mass is 16.5. The summed E-state index contributed by atoms with van der Waals surface area (Å²) in [7, 11) is 3.05. The molecule has 0 aliphatic heterocycles. The van der Waals surface area contributed by atoms with Gasteiger partial charge in [0.1, 0.15) is 11.5 Å². The van der Waals surface area contributed by atoms with Gasteiger partial charge >= 0.3 is 0 Å². The third kappa shape index (κ3) is 5.53. The van der Waals surface area contributed by atoms with Crippen LogP contribution in [-0.2, 0) is 4.79 Å². The van der Waals surface area contributed by atoms with E-state index >= 15 is 0 Å². The summed E-state index contributed by atoms with van der Waals surface area (Å²) in [6.07, 6.45) is 0.923. The standard InChI is InChI=1S/C19H22N2O4/c1-20-19(23)14-10-11-16(17(13-14)24-2)21-18(22)9-6-12-25-15-7-4-3-5-8-15/h3-5,7-8,10-11,13H,6,9,12H2,1-2H3,(H,20,23)(H,21,22). The van der Waals surface area contributed by atoms with Crippen molar-refractivity contribution in [2.45, 2.75) is 12.8 Å². The molecule has 2 amide bonds. The lowest BCUT2D eigenvalue weighted by Gasteiger charge is -2.12. The minimum atomic E-state index is -0.214. The van der Waals surface area contributed by atoms with Crippen LogP contribution < -0.4 is 20.1 Å². The topological polar surface area (TPSA) is 76.7 Å². The number of nitrogens with one attached hydrogen (secondary N) is 2. The molecule has 0 fully saturated rings. The van der Waals surface area contributed by atoms with E-state index in [1.54, 1.807) is 25.2 Å². The quantitative estimate of drug-likeness (QED) is 0.723. The van der Waals surface area contributed by atoms with Crippen LogP contribution >= 0.6 is 0 Å². The second-order valence-electron chi connectivity index (χ2n) is 5.31. The highest BCUT2D eigenvalue weighted by Gasteiger charge is 2.11. The summed E-state index contributed by atoms with van der Waals surface area (Å²) >= 11 is 0. The first-order chi connectivity index (χ1) is 12.1. The van der Waals surface area contributed by atoms with Crippen LogP contribution in [0.2, 0.25) is 0 Å². The molecule has 0 saturated heterocycles. The highest BCUT2D eigenvalue weighted by molar-refractivity contribution is 5.97. The average molecular weight is 342 g/mol. The van der Waals surface area contributed by atoms with Crippen molar-refractivity contribution in [3.05, 3.63) is 54.1 Å². The van der Waals surface area contributed by atoms with Gasteiger partial charge in [-0.25, -0.2) is 0 Å². The predicted molar refractivity (Wildman–Crippen MR) is 96.2 cm³/mol. The molecule has 6 heteroatoms. The lowest BCUT2D eigenvalue weighted by atomic mass is 10.1. The van der Waals surface area contributed by atoms with Gasteiger partial charge in [-0.1, -0.05) is 18.2 Å². The zero-order valence-corrected chi connectivity index (χ0v) is 14.4. The highest BCUT2D eigenvalue weighted by Crippen LogP contribution is 2.25. The van der Waals surface area contributed by atoms with Crippen molar-refractivity contribution in [2.24, 2.45) is 0 Å². The molecular formula is C19H22N2O4. The lowest BCUT2D eigenvalue weighted by Crippen LogP contribution is -2.18. The van der Waals surface area contributed by atoms with Gasteiger partial charge in [0.05, 0.1) is 19.4 Å². The Kier molecular flexibility index (Phi) is 6.83. The van der Waals surface area contributed by atoms with Crippen LogP contribution in [0.15, 0.2) is 48.5 Å². The normalized spacial score (nSPS) is 10.0. The summed E-state index contributed by atoms with van der Waals surface area (Å²) in [5.41, 5.74) is 0.998. The molecule has 2 aromatic carbocycles. The monoisotopic (exact) mass is 342 g/mol. The van der Waals surface area contributed by atoms with Gasteiger partial charge in [-0.3, -0.25) is 9.59 Å². The summed E-state index contributed by atoms with van der Waals surface area (Å²) in [5.74, 6) is 0.876. The Bertz CT molecular complexity index is 717.